The van der Waals surface area contributed by atoms with E-state index in [0.717, 1.165) is 12.1 Å². The minimum absolute atomic E-state index is 0.0687. The van der Waals surface area contributed by atoms with Crippen LogP contribution < -0.4 is 10.6 Å². The summed E-state index contributed by atoms with van der Waals surface area (Å²) in [6.07, 6.45) is 0.0687. The maximum Gasteiger partial charge on any atom is 0.337 e. The van der Waals surface area contributed by atoms with Gasteiger partial charge in [-0.1, -0.05) is 6.07 Å². The van der Waals surface area contributed by atoms with Crippen LogP contribution in [0.15, 0.2) is 42.5 Å². The Bertz CT molecular complexity index is 750. The number of amides is 1. The summed E-state index contributed by atoms with van der Waals surface area (Å²) in [6, 6.07) is 9.56. The van der Waals surface area contributed by atoms with E-state index in [1.54, 1.807) is 24.3 Å². The van der Waals surface area contributed by atoms with Crippen molar-refractivity contribution in [2.75, 3.05) is 24.3 Å². The van der Waals surface area contributed by atoms with Gasteiger partial charge in [0.2, 0.25) is 5.91 Å². The fourth-order valence-electron chi connectivity index (χ4n) is 2.00. The predicted octanol–water partition coefficient (Wildman–Crippen LogP) is 3.19. The summed E-state index contributed by atoms with van der Waals surface area (Å²) < 4.78 is 30.9. The zero-order valence-corrected chi connectivity index (χ0v) is 12.9. The van der Waals surface area contributed by atoms with E-state index in [1.807, 2.05) is 0 Å². The minimum atomic E-state index is -0.831. The number of halogens is 2. The Hall–Kier alpha value is -2.96. The van der Waals surface area contributed by atoms with Crippen molar-refractivity contribution in [2.45, 2.75) is 6.42 Å². The molecule has 0 aliphatic carbocycles. The van der Waals surface area contributed by atoms with Crippen LogP contribution in [0.3, 0.4) is 0 Å². The number of benzene rings is 2. The molecule has 0 spiro atoms. The van der Waals surface area contributed by atoms with Crippen molar-refractivity contribution in [1.82, 2.24) is 0 Å². The summed E-state index contributed by atoms with van der Waals surface area (Å²) in [5, 5.41) is 5.35. The molecule has 0 atom stereocenters. The number of hydrogen-bond donors (Lipinski definition) is 2. The third-order valence-corrected chi connectivity index (χ3v) is 3.17. The highest BCUT2D eigenvalue weighted by Gasteiger charge is 2.09. The number of esters is 1. The molecule has 2 N–H and O–H groups in total. The fourth-order valence-corrected chi connectivity index (χ4v) is 2.00. The van der Waals surface area contributed by atoms with Crippen molar-refractivity contribution in [1.29, 1.82) is 0 Å². The summed E-state index contributed by atoms with van der Waals surface area (Å²) in [7, 11) is 1.29. The summed E-state index contributed by atoms with van der Waals surface area (Å²) in [5.41, 5.74) is 0.966. The number of nitrogens with one attached hydrogen (secondary N) is 2. The monoisotopic (exact) mass is 334 g/mol. The van der Waals surface area contributed by atoms with Gasteiger partial charge in [0.25, 0.3) is 0 Å². The lowest BCUT2D eigenvalue weighted by molar-refractivity contribution is -0.116. The van der Waals surface area contributed by atoms with Crippen LogP contribution in [0.2, 0.25) is 0 Å². The van der Waals surface area contributed by atoms with Gasteiger partial charge < -0.3 is 15.4 Å². The van der Waals surface area contributed by atoms with Crippen molar-refractivity contribution < 1.29 is 23.1 Å². The largest absolute Gasteiger partial charge is 0.465 e. The molecular weight excluding hydrogens is 318 g/mol. The van der Waals surface area contributed by atoms with E-state index in [4.69, 9.17) is 0 Å². The molecule has 0 radical (unpaired) electrons. The molecular formula is C17H16F2N2O3. The Balaban J connectivity index is 1.85. The molecule has 0 aromatic heterocycles. The molecule has 0 heterocycles. The highest BCUT2D eigenvalue weighted by molar-refractivity contribution is 5.91. The first-order valence-corrected chi connectivity index (χ1v) is 7.17. The van der Waals surface area contributed by atoms with Gasteiger partial charge in [0, 0.05) is 24.7 Å². The normalized spacial score (nSPS) is 10.1. The van der Waals surface area contributed by atoms with Gasteiger partial charge in [-0.05, 0) is 30.3 Å². The summed E-state index contributed by atoms with van der Waals surface area (Å²) in [5.74, 6) is -2.42. The van der Waals surface area contributed by atoms with Crippen molar-refractivity contribution >= 4 is 23.3 Å². The van der Waals surface area contributed by atoms with Gasteiger partial charge in [-0.25, -0.2) is 13.6 Å². The standard InChI is InChI=1S/C17H16F2N2O3/c1-24-17(23)11-3-2-4-13(9-11)20-8-7-16(22)21-15-6-5-12(18)10-14(15)19/h2-6,9-10,20H,7-8H2,1H3,(H,21,22). The van der Waals surface area contributed by atoms with Crippen LogP contribution >= 0.6 is 0 Å². The van der Waals surface area contributed by atoms with Crippen molar-refractivity contribution in [3.63, 3.8) is 0 Å². The molecule has 0 fully saturated rings. The summed E-state index contributed by atoms with van der Waals surface area (Å²) >= 11 is 0. The van der Waals surface area contributed by atoms with E-state index in [2.05, 4.69) is 15.4 Å². The third-order valence-electron chi connectivity index (χ3n) is 3.17. The lowest BCUT2D eigenvalue weighted by atomic mass is 10.2. The van der Waals surface area contributed by atoms with Gasteiger partial charge in [-0.3, -0.25) is 4.79 Å². The molecule has 7 heteroatoms. The van der Waals surface area contributed by atoms with Crippen LogP contribution in [0, 0.1) is 11.6 Å². The Morgan fingerprint density at radius 1 is 1.12 bits per heavy atom. The molecule has 5 nitrogen and oxygen atoms in total. The van der Waals surface area contributed by atoms with E-state index >= 15 is 0 Å². The van der Waals surface area contributed by atoms with Crippen LogP contribution in [-0.2, 0) is 9.53 Å². The number of ether oxygens (including phenoxy) is 1. The summed E-state index contributed by atoms with van der Waals surface area (Å²) in [6.45, 7) is 0.277. The smallest absolute Gasteiger partial charge is 0.337 e. The number of methoxy groups -OCH3 is 1. The van der Waals surface area contributed by atoms with Gasteiger partial charge >= 0.3 is 5.97 Å². The van der Waals surface area contributed by atoms with Crippen LogP contribution in [-0.4, -0.2) is 25.5 Å². The minimum Gasteiger partial charge on any atom is -0.465 e. The van der Waals surface area contributed by atoms with Gasteiger partial charge in [-0.15, -0.1) is 0 Å². The van der Waals surface area contributed by atoms with E-state index in [0.29, 0.717) is 17.3 Å². The second kappa shape index (κ2) is 8.05. The van der Waals surface area contributed by atoms with Crippen LogP contribution in [0.4, 0.5) is 20.2 Å². The first-order chi connectivity index (χ1) is 11.5. The van der Waals surface area contributed by atoms with E-state index < -0.39 is 23.5 Å². The zero-order valence-electron chi connectivity index (χ0n) is 12.9. The number of carbonyl (C=O) groups excluding carboxylic acids is 2. The lowest BCUT2D eigenvalue weighted by Gasteiger charge is -2.09. The fraction of sp³-hybridized carbons (Fsp3) is 0.176. The molecule has 0 bridgehead atoms. The first-order valence-electron chi connectivity index (χ1n) is 7.17. The molecule has 1 amide bonds. The Morgan fingerprint density at radius 2 is 1.92 bits per heavy atom. The number of hydrogen-bond acceptors (Lipinski definition) is 4. The Labute approximate surface area is 137 Å². The number of anilines is 2. The number of carbonyl (C=O) groups is 2. The molecule has 24 heavy (non-hydrogen) atoms. The molecule has 0 unspecified atom stereocenters. The van der Waals surface area contributed by atoms with Gasteiger partial charge in [0.1, 0.15) is 11.6 Å². The van der Waals surface area contributed by atoms with E-state index in [1.165, 1.54) is 7.11 Å². The number of rotatable bonds is 6. The van der Waals surface area contributed by atoms with Gasteiger partial charge in [-0.2, -0.15) is 0 Å². The average molecular weight is 334 g/mol. The van der Waals surface area contributed by atoms with Crippen molar-refractivity contribution in [3.05, 3.63) is 59.7 Å². The molecule has 0 saturated heterocycles. The van der Waals surface area contributed by atoms with Crippen LogP contribution in [0.25, 0.3) is 0 Å². The molecule has 126 valence electrons. The maximum absolute atomic E-state index is 13.4. The third kappa shape index (κ3) is 4.77. The lowest BCUT2D eigenvalue weighted by Crippen LogP contribution is -2.17. The first kappa shape index (κ1) is 17.4. The quantitative estimate of drug-likeness (QED) is 0.796. The Morgan fingerprint density at radius 3 is 2.62 bits per heavy atom. The summed E-state index contributed by atoms with van der Waals surface area (Å²) in [4.78, 5) is 23.2. The molecule has 2 rings (SSSR count). The molecule has 2 aromatic carbocycles. The Kier molecular flexibility index (Phi) is 5.83. The molecule has 0 aliphatic rings. The van der Waals surface area contributed by atoms with Crippen LogP contribution in [0.5, 0.6) is 0 Å². The highest BCUT2D eigenvalue weighted by atomic mass is 19.1. The topological polar surface area (TPSA) is 67.4 Å². The van der Waals surface area contributed by atoms with Crippen LogP contribution in [0.1, 0.15) is 16.8 Å². The van der Waals surface area contributed by atoms with E-state index in [9.17, 15) is 18.4 Å². The SMILES string of the molecule is COC(=O)c1cccc(NCCC(=O)Nc2ccc(F)cc2F)c1. The average Bonchev–Trinajstić information content (AvgIpc) is 2.57. The second-order valence-corrected chi connectivity index (χ2v) is 4.92. The van der Waals surface area contributed by atoms with Crippen molar-refractivity contribution in [2.24, 2.45) is 0 Å². The molecule has 0 saturated carbocycles. The highest BCUT2D eigenvalue weighted by Crippen LogP contribution is 2.15. The van der Waals surface area contributed by atoms with Crippen molar-refractivity contribution in [3.8, 4) is 0 Å². The van der Waals surface area contributed by atoms with E-state index in [-0.39, 0.29) is 18.7 Å². The van der Waals surface area contributed by atoms with Gasteiger partial charge in [0.05, 0.1) is 18.4 Å². The predicted molar refractivity (Wildman–Crippen MR) is 85.9 cm³/mol. The zero-order chi connectivity index (χ0) is 17.5. The second-order valence-electron chi connectivity index (χ2n) is 4.92. The molecule has 0 aliphatic heterocycles. The molecule has 2 aromatic rings. The maximum atomic E-state index is 13.4. The van der Waals surface area contributed by atoms with Gasteiger partial charge in [0.15, 0.2) is 0 Å².